The SMILES string of the molecule is C/C=C/C1CCC2CC(c3c(F)cc(C(=O)Oc4cc(F)c(OC)c(F)c4)cc3F)CCC2C1. The van der Waals surface area contributed by atoms with Crippen LogP contribution in [-0.2, 0) is 0 Å². The summed E-state index contributed by atoms with van der Waals surface area (Å²) >= 11 is 0. The zero-order valence-electron chi connectivity index (χ0n) is 19.3. The number of carbonyl (C=O) groups excluding carboxylic acids is 1. The minimum Gasteiger partial charge on any atom is -0.491 e. The van der Waals surface area contributed by atoms with Crippen LogP contribution < -0.4 is 9.47 Å². The van der Waals surface area contributed by atoms with Gasteiger partial charge in [-0.05, 0) is 81.3 Å². The molecule has 2 aliphatic rings. The van der Waals surface area contributed by atoms with Crippen LogP contribution >= 0.6 is 0 Å². The molecule has 0 aliphatic heterocycles. The van der Waals surface area contributed by atoms with E-state index in [9.17, 15) is 13.6 Å². The van der Waals surface area contributed by atoms with Crippen LogP contribution in [0.1, 0.15) is 67.3 Å². The molecule has 0 spiro atoms. The molecule has 2 aromatic carbocycles. The van der Waals surface area contributed by atoms with Gasteiger partial charge < -0.3 is 9.47 Å². The second-order valence-corrected chi connectivity index (χ2v) is 9.29. The van der Waals surface area contributed by atoms with Crippen LogP contribution in [0.25, 0.3) is 0 Å². The van der Waals surface area contributed by atoms with Crippen LogP contribution in [0.2, 0.25) is 0 Å². The lowest BCUT2D eigenvalue weighted by atomic mass is 9.63. The monoisotopic (exact) mass is 476 g/mol. The highest BCUT2D eigenvalue weighted by molar-refractivity contribution is 5.91. The number of hydrogen-bond acceptors (Lipinski definition) is 3. The summed E-state index contributed by atoms with van der Waals surface area (Å²) in [7, 11) is 1.10. The second-order valence-electron chi connectivity index (χ2n) is 9.29. The van der Waals surface area contributed by atoms with E-state index in [1.165, 1.54) is 0 Å². The standard InChI is InChI=1S/C27H28F4O3/c1-3-4-15-5-6-17-10-18(8-7-16(17)9-15)25-21(28)11-19(12-22(25)29)27(32)34-20-13-23(30)26(33-2)24(31)14-20/h3-4,11-18H,5-10H2,1-2H3/b4-3+. The summed E-state index contributed by atoms with van der Waals surface area (Å²) in [6.45, 7) is 2.03. The molecule has 0 saturated heterocycles. The van der Waals surface area contributed by atoms with E-state index < -0.39 is 40.7 Å². The molecule has 4 atom stereocenters. The first-order valence-electron chi connectivity index (χ1n) is 11.7. The maximum absolute atomic E-state index is 15.0. The normalized spacial score (nSPS) is 24.6. The highest BCUT2D eigenvalue weighted by atomic mass is 19.1. The summed E-state index contributed by atoms with van der Waals surface area (Å²) in [5, 5.41) is 0. The maximum Gasteiger partial charge on any atom is 0.343 e. The van der Waals surface area contributed by atoms with Crippen molar-refractivity contribution >= 4 is 5.97 Å². The predicted octanol–water partition coefficient (Wildman–Crippen LogP) is 7.35. The van der Waals surface area contributed by atoms with Gasteiger partial charge in [0.2, 0.25) is 0 Å². The number of ether oxygens (including phenoxy) is 2. The molecule has 2 aromatic rings. The molecule has 7 heteroatoms. The highest BCUT2D eigenvalue weighted by Crippen LogP contribution is 2.48. The van der Waals surface area contributed by atoms with Gasteiger partial charge in [-0.3, -0.25) is 0 Å². The van der Waals surface area contributed by atoms with Crippen molar-refractivity contribution in [3.63, 3.8) is 0 Å². The fraction of sp³-hybridized carbons (Fsp3) is 0.444. The number of allylic oxidation sites excluding steroid dienone is 2. The molecule has 182 valence electrons. The molecule has 0 heterocycles. The average molecular weight is 477 g/mol. The van der Waals surface area contributed by atoms with Crippen LogP contribution in [0.15, 0.2) is 36.4 Å². The topological polar surface area (TPSA) is 35.5 Å². The van der Waals surface area contributed by atoms with Gasteiger partial charge in [0.25, 0.3) is 0 Å². The molecule has 0 aromatic heterocycles. The lowest BCUT2D eigenvalue weighted by Gasteiger charge is -2.42. The second kappa shape index (κ2) is 10.2. The van der Waals surface area contributed by atoms with Crippen molar-refractivity contribution in [3.05, 3.63) is 70.8 Å². The molecule has 4 unspecified atom stereocenters. The number of carbonyl (C=O) groups is 1. The van der Waals surface area contributed by atoms with Gasteiger partial charge >= 0.3 is 5.97 Å². The van der Waals surface area contributed by atoms with Gasteiger partial charge in [0.15, 0.2) is 17.4 Å². The fourth-order valence-corrected chi connectivity index (χ4v) is 5.68. The molecule has 2 saturated carbocycles. The summed E-state index contributed by atoms with van der Waals surface area (Å²) in [5.74, 6) is -4.51. The molecule has 0 radical (unpaired) electrons. The molecule has 2 fully saturated rings. The molecular formula is C27H28F4O3. The molecular weight excluding hydrogens is 448 g/mol. The third kappa shape index (κ3) is 4.98. The van der Waals surface area contributed by atoms with E-state index in [1.807, 2.05) is 6.92 Å². The van der Waals surface area contributed by atoms with Crippen LogP contribution in [0.3, 0.4) is 0 Å². The predicted molar refractivity (Wildman–Crippen MR) is 120 cm³/mol. The van der Waals surface area contributed by atoms with Gasteiger partial charge in [-0.1, -0.05) is 12.2 Å². The van der Waals surface area contributed by atoms with Gasteiger partial charge in [-0.2, -0.15) is 0 Å². The van der Waals surface area contributed by atoms with Crippen molar-refractivity contribution < 1.29 is 31.8 Å². The van der Waals surface area contributed by atoms with Crippen molar-refractivity contribution in [2.24, 2.45) is 17.8 Å². The zero-order valence-corrected chi connectivity index (χ0v) is 19.3. The van der Waals surface area contributed by atoms with E-state index in [4.69, 9.17) is 4.74 Å². The van der Waals surface area contributed by atoms with E-state index in [-0.39, 0.29) is 17.0 Å². The van der Waals surface area contributed by atoms with Gasteiger partial charge in [0.1, 0.15) is 17.4 Å². The van der Waals surface area contributed by atoms with E-state index >= 15 is 8.78 Å². The summed E-state index contributed by atoms with van der Waals surface area (Å²) < 4.78 is 67.3. The van der Waals surface area contributed by atoms with Crippen molar-refractivity contribution in [1.82, 2.24) is 0 Å². The molecule has 34 heavy (non-hydrogen) atoms. The third-order valence-electron chi connectivity index (χ3n) is 7.23. The Hall–Kier alpha value is -2.83. The summed E-state index contributed by atoms with van der Waals surface area (Å²) in [5.41, 5.74) is -0.358. The fourth-order valence-electron chi connectivity index (χ4n) is 5.68. The van der Waals surface area contributed by atoms with Gasteiger partial charge in [0, 0.05) is 17.7 Å². The first-order chi connectivity index (χ1) is 16.3. The quantitative estimate of drug-likeness (QED) is 0.196. The Labute approximate surface area is 196 Å². The number of fused-ring (bicyclic) bond motifs is 1. The van der Waals surface area contributed by atoms with E-state index in [0.29, 0.717) is 24.2 Å². The molecule has 4 rings (SSSR count). The third-order valence-corrected chi connectivity index (χ3v) is 7.23. The van der Waals surface area contributed by atoms with E-state index in [1.54, 1.807) is 0 Å². The van der Waals surface area contributed by atoms with Crippen molar-refractivity contribution in [2.75, 3.05) is 7.11 Å². The van der Waals surface area contributed by atoms with Crippen molar-refractivity contribution in [2.45, 2.75) is 51.4 Å². The maximum atomic E-state index is 15.0. The van der Waals surface area contributed by atoms with Gasteiger partial charge in [-0.15, -0.1) is 0 Å². The highest BCUT2D eigenvalue weighted by Gasteiger charge is 2.37. The summed E-state index contributed by atoms with van der Waals surface area (Å²) in [6.07, 6.45) is 9.99. The number of rotatable bonds is 5. The average Bonchev–Trinajstić information content (AvgIpc) is 2.78. The largest absolute Gasteiger partial charge is 0.491 e. The Morgan fingerprint density at radius 3 is 2.12 bits per heavy atom. The number of halogens is 4. The Morgan fingerprint density at radius 1 is 0.882 bits per heavy atom. The minimum atomic E-state index is -1.11. The zero-order chi connectivity index (χ0) is 24.4. The summed E-state index contributed by atoms with van der Waals surface area (Å²) in [6, 6.07) is 3.41. The summed E-state index contributed by atoms with van der Waals surface area (Å²) in [4.78, 5) is 12.4. The van der Waals surface area contributed by atoms with Gasteiger partial charge in [0.05, 0.1) is 12.7 Å². The lowest BCUT2D eigenvalue weighted by Crippen LogP contribution is -2.30. The molecule has 0 N–H and O–H groups in total. The number of methoxy groups -OCH3 is 1. The number of benzene rings is 2. The Kier molecular flexibility index (Phi) is 7.29. The van der Waals surface area contributed by atoms with Crippen molar-refractivity contribution in [3.8, 4) is 11.5 Å². The number of hydrogen-bond donors (Lipinski definition) is 0. The van der Waals surface area contributed by atoms with Crippen LogP contribution in [0.5, 0.6) is 11.5 Å². The Bertz CT molecular complexity index is 1050. The molecule has 0 bridgehead atoms. The minimum absolute atomic E-state index is 0.00659. The van der Waals surface area contributed by atoms with Crippen LogP contribution in [-0.4, -0.2) is 13.1 Å². The number of esters is 1. The molecule has 0 amide bonds. The van der Waals surface area contributed by atoms with E-state index in [0.717, 1.165) is 63.5 Å². The smallest absolute Gasteiger partial charge is 0.343 e. The lowest BCUT2D eigenvalue weighted by molar-refractivity contribution is 0.0732. The Balaban J connectivity index is 1.48. The van der Waals surface area contributed by atoms with Gasteiger partial charge in [-0.25, -0.2) is 22.4 Å². The first kappa shape index (κ1) is 24.3. The van der Waals surface area contributed by atoms with Crippen LogP contribution in [0.4, 0.5) is 17.6 Å². The van der Waals surface area contributed by atoms with E-state index in [2.05, 4.69) is 16.9 Å². The van der Waals surface area contributed by atoms with Crippen LogP contribution in [0, 0.1) is 41.0 Å². The molecule has 2 aliphatic carbocycles. The first-order valence-corrected chi connectivity index (χ1v) is 11.7. The Morgan fingerprint density at radius 2 is 1.50 bits per heavy atom. The molecule has 3 nitrogen and oxygen atoms in total. The van der Waals surface area contributed by atoms with Crippen molar-refractivity contribution in [1.29, 1.82) is 0 Å².